The third-order valence-electron chi connectivity index (χ3n) is 2.54. The van der Waals surface area contributed by atoms with Gasteiger partial charge in [-0.2, -0.15) is 0 Å². The van der Waals surface area contributed by atoms with Gasteiger partial charge in [-0.15, -0.1) is 0 Å². The Morgan fingerprint density at radius 3 is 3.21 bits per heavy atom. The van der Waals surface area contributed by atoms with Crippen molar-refractivity contribution in [1.29, 1.82) is 0 Å². The molecule has 76 valence electrons. The van der Waals surface area contributed by atoms with Crippen LogP contribution >= 0.6 is 0 Å². The standard InChI is InChI=1S/C9H13N3O2/c10-5-7-1-2-9(13)12(7)6-8-3-4-11-14-8/h3-4,7H,1-2,5-6,10H2. The lowest BCUT2D eigenvalue weighted by Gasteiger charge is -2.21. The van der Waals surface area contributed by atoms with Crippen LogP contribution in [0.15, 0.2) is 16.8 Å². The molecule has 5 nitrogen and oxygen atoms in total. The van der Waals surface area contributed by atoms with Gasteiger partial charge in [-0.25, -0.2) is 0 Å². The van der Waals surface area contributed by atoms with E-state index in [0.29, 0.717) is 25.3 Å². The molecular formula is C9H13N3O2. The van der Waals surface area contributed by atoms with Crippen molar-refractivity contribution in [3.63, 3.8) is 0 Å². The van der Waals surface area contributed by atoms with Gasteiger partial charge in [-0.05, 0) is 6.42 Å². The van der Waals surface area contributed by atoms with Crippen molar-refractivity contribution in [3.8, 4) is 0 Å². The minimum Gasteiger partial charge on any atom is -0.360 e. The van der Waals surface area contributed by atoms with Crippen molar-refractivity contribution >= 4 is 5.91 Å². The van der Waals surface area contributed by atoms with Crippen LogP contribution in [-0.2, 0) is 11.3 Å². The van der Waals surface area contributed by atoms with Crippen LogP contribution in [0.25, 0.3) is 0 Å². The molecule has 0 radical (unpaired) electrons. The maximum Gasteiger partial charge on any atom is 0.223 e. The second kappa shape index (κ2) is 3.79. The smallest absolute Gasteiger partial charge is 0.223 e. The summed E-state index contributed by atoms with van der Waals surface area (Å²) in [5.74, 6) is 0.857. The maximum absolute atomic E-state index is 11.5. The van der Waals surface area contributed by atoms with Crippen LogP contribution in [0.4, 0.5) is 0 Å². The van der Waals surface area contributed by atoms with Gasteiger partial charge in [0.1, 0.15) is 0 Å². The van der Waals surface area contributed by atoms with E-state index in [4.69, 9.17) is 10.3 Å². The summed E-state index contributed by atoms with van der Waals surface area (Å²) in [5, 5.41) is 3.60. The van der Waals surface area contributed by atoms with E-state index in [1.807, 2.05) is 0 Å². The van der Waals surface area contributed by atoms with Gasteiger partial charge in [0.25, 0.3) is 0 Å². The molecule has 0 aromatic carbocycles. The molecule has 1 aromatic heterocycles. The van der Waals surface area contributed by atoms with Gasteiger partial charge in [0, 0.05) is 25.1 Å². The fourth-order valence-electron chi connectivity index (χ4n) is 1.75. The SMILES string of the molecule is NCC1CCC(=O)N1Cc1ccno1. The molecule has 0 bridgehead atoms. The van der Waals surface area contributed by atoms with Gasteiger partial charge >= 0.3 is 0 Å². The molecule has 1 fully saturated rings. The first-order valence-electron chi connectivity index (χ1n) is 4.70. The summed E-state index contributed by atoms with van der Waals surface area (Å²) >= 11 is 0. The number of amides is 1. The molecule has 1 aliphatic heterocycles. The lowest BCUT2D eigenvalue weighted by molar-refractivity contribution is -0.129. The number of nitrogens with zero attached hydrogens (tertiary/aromatic N) is 2. The molecule has 0 aliphatic carbocycles. The van der Waals surface area contributed by atoms with Gasteiger partial charge in [0.05, 0.1) is 12.7 Å². The van der Waals surface area contributed by atoms with Crippen LogP contribution in [0.2, 0.25) is 0 Å². The Morgan fingerprint density at radius 1 is 1.71 bits per heavy atom. The number of aromatic nitrogens is 1. The summed E-state index contributed by atoms with van der Waals surface area (Å²) in [5.41, 5.74) is 5.58. The minimum absolute atomic E-state index is 0.150. The highest BCUT2D eigenvalue weighted by atomic mass is 16.5. The molecule has 1 aliphatic rings. The third kappa shape index (κ3) is 1.63. The van der Waals surface area contributed by atoms with E-state index >= 15 is 0 Å². The number of carbonyl (C=O) groups excluding carboxylic acids is 1. The van der Waals surface area contributed by atoms with Gasteiger partial charge < -0.3 is 15.2 Å². The first kappa shape index (κ1) is 9.21. The quantitative estimate of drug-likeness (QED) is 0.743. The Kier molecular flexibility index (Phi) is 2.49. The van der Waals surface area contributed by atoms with Crippen molar-refractivity contribution < 1.29 is 9.32 Å². The van der Waals surface area contributed by atoms with Crippen molar-refractivity contribution in [3.05, 3.63) is 18.0 Å². The fraction of sp³-hybridized carbons (Fsp3) is 0.556. The van der Waals surface area contributed by atoms with Gasteiger partial charge in [-0.3, -0.25) is 4.79 Å². The summed E-state index contributed by atoms with van der Waals surface area (Å²) in [4.78, 5) is 13.2. The molecule has 1 amide bonds. The van der Waals surface area contributed by atoms with Crippen molar-refractivity contribution in [2.75, 3.05) is 6.54 Å². The molecule has 5 heteroatoms. The first-order chi connectivity index (χ1) is 6.81. The normalized spacial score (nSPS) is 21.9. The Bertz CT molecular complexity index is 310. The lowest BCUT2D eigenvalue weighted by atomic mass is 10.2. The number of hydrogen-bond acceptors (Lipinski definition) is 4. The van der Waals surface area contributed by atoms with E-state index in [9.17, 15) is 4.79 Å². The second-order valence-electron chi connectivity index (χ2n) is 3.43. The molecule has 1 aromatic rings. The van der Waals surface area contributed by atoms with Crippen LogP contribution in [0.3, 0.4) is 0 Å². The minimum atomic E-state index is 0.150. The Hall–Kier alpha value is -1.36. The number of nitrogens with two attached hydrogens (primary N) is 1. The molecule has 2 N–H and O–H groups in total. The number of rotatable bonds is 3. The second-order valence-corrected chi connectivity index (χ2v) is 3.43. The predicted octanol–water partition coefficient (Wildman–Crippen LogP) is 0.124. The Labute approximate surface area is 81.8 Å². The van der Waals surface area contributed by atoms with Gasteiger partial charge in [0.2, 0.25) is 5.91 Å². The monoisotopic (exact) mass is 195 g/mol. The zero-order valence-electron chi connectivity index (χ0n) is 7.85. The molecule has 0 saturated carbocycles. The average molecular weight is 195 g/mol. The van der Waals surface area contributed by atoms with Gasteiger partial charge in [-0.1, -0.05) is 5.16 Å². The van der Waals surface area contributed by atoms with Crippen LogP contribution in [0.5, 0.6) is 0 Å². The largest absolute Gasteiger partial charge is 0.360 e. The Balaban J connectivity index is 2.05. The highest BCUT2D eigenvalue weighted by Crippen LogP contribution is 2.20. The van der Waals surface area contributed by atoms with Crippen molar-refractivity contribution in [1.82, 2.24) is 10.1 Å². The molecule has 2 heterocycles. The van der Waals surface area contributed by atoms with E-state index in [-0.39, 0.29) is 11.9 Å². The molecular weight excluding hydrogens is 182 g/mol. The third-order valence-corrected chi connectivity index (χ3v) is 2.54. The molecule has 2 rings (SSSR count). The van der Waals surface area contributed by atoms with E-state index in [1.54, 1.807) is 17.2 Å². The number of carbonyl (C=O) groups is 1. The molecule has 14 heavy (non-hydrogen) atoms. The molecule has 1 atom stereocenters. The zero-order chi connectivity index (χ0) is 9.97. The van der Waals surface area contributed by atoms with Crippen LogP contribution in [0.1, 0.15) is 18.6 Å². The fourth-order valence-corrected chi connectivity index (χ4v) is 1.75. The molecule has 1 saturated heterocycles. The highest BCUT2D eigenvalue weighted by molar-refractivity contribution is 5.78. The van der Waals surface area contributed by atoms with E-state index < -0.39 is 0 Å². The summed E-state index contributed by atoms with van der Waals surface area (Å²) in [6, 6.07) is 1.92. The van der Waals surface area contributed by atoms with Crippen LogP contribution in [0, 0.1) is 0 Å². The van der Waals surface area contributed by atoms with E-state index in [0.717, 1.165) is 6.42 Å². The van der Waals surface area contributed by atoms with Crippen LogP contribution in [-0.4, -0.2) is 28.6 Å². The molecule has 0 spiro atoms. The topological polar surface area (TPSA) is 72.4 Å². The number of likely N-dealkylation sites (tertiary alicyclic amines) is 1. The summed E-state index contributed by atoms with van der Waals surface area (Å²) in [6.45, 7) is 1.00. The van der Waals surface area contributed by atoms with Gasteiger partial charge in [0.15, 0.2) is 5.76 Å². The average Bonchev–Trinajstić information content (AvgIpc) is 2.79. The first-order valence-corrected chi connectivity index (χ1v) is 4.70. The van der Waals surface area contributed by atoms with Crippen molar-refractivity contribution in [2.45, 2.75) is 25.4 Å². The zero-order valence-corrected chi connectivity index (χ0v) is 7.85. The Morgan fingerprint density at radius 2 is 2.57 bits per heavy atom. The highest BCUT2D eigenvalue weighted by Gasteiger charge is 2.30. The summed E-state index contributed by atoms with van der Waals surface area (Å²) in [6.07, 6.45) is 3.02. The summed E-state index contributed by atoms with van der Waals surface area (Å²) in [7, 11) is 0. The summed E-state index contributed by atoms with van der Waals surface area (Å²) < 4.78 is 4.95. The van der Waals surface area contributed by atoms with Crippen molar-refractivity contribution in [2.24, 2.45) is 5.73 Å². The maximum atomic E-state index is 11.5. The van der Waals surface area contributed by atoms with E-state index in [1.165, 1.54) is 0 Å². The van der Waals surface area contributed by atoms with Crippen LogP contribution < -0.4 is 5.73 Å². The lowest BCUT2D eigenvalue weighted by Crippen LogP contribution is -2.37. The van der Waals surface area contributed by atoms with E-state index in [2.05, 4.69) is 5.16 Å². The number of hydrogen-bond donors (Lipinski definition) is 1. The molecule has 1 unspecified atom stereocenters. The predicted molar refractivity (Wildman–Crippen MR) is 49.1 cm³/mol.